The lowest BCUT2D eigenvalue weighted by molar-refractivity contribution is -0.140. The van der Waals surface area contributed by atoms with Crippen molar-refractivity contribution in [2.45, 2.75) is 13.3 Å². The van der Waals surface area contributed by atoms with Gasteiger partial charge in [-0.1, -0.05) is 25.1 Å². The fourth-order valence-electron chi connectivity index (χ4n) is 1.36. The van der Waals surface area contributed by atoms with Crippen molar-refractivity contribution in [3.05, 3.63) is 30.3 Å². The summed E-state index contributed by atoms with van der Waals surface area (Å²) in [5, 5.41) is 8.69. The summed E-state index contributed by atoms with van der Waals surface area (Å²) in [6.45, 7) is 2.07. The lowest BCUT2D eigenvalue weighted by atomic mass is 10.2. The SMILES string of the molecule is CC(CS(=O)CCCOc1ccccc1)C(=O)O. The van der Waals surface area contributed by atoms with Crippen molar-refractivity contribution in [3.8, 4) is 5.75 Å². The van der Waals surface area contributed by atoms with Crippen LogP contribution in [0.2, 0.25) is 0 Å². The minimum absolute atomic E-state index is 0.209. The molecule has 4 nitrogen and oxygen atoms in total. The highest BCUT2D eigenvalue weighted by molar-refractivity contribution is 7.85. The Morgan fingerprint density at radius 2 is 2.06 bits per heavy atom. The summed E-state index contributed by atoms with van der Waals surface area (Å²) < 4.78 is 17.0. The van der Waals surface area contributed by atoms with Crippen molar-refractivity contribution in [2.24, 2.45) is 5.92 Å². The molecule has 0 aliphatic heterocycles. The van der Waals surface area contributed by atoms with Crippen LogP contribution >= 0.6 is 0 Å². The van der Waals surface area contributed by atoms with E-state index in [2.05, 4.69) is 0 Å². The quantitative estimate of drug-likeness (QED) is 0.733. The minimum atomic E-state index is -1.09. The molecule has 0 bridgehead atoms. The highest BCUT2D eigenvalue weighted by Gasteiger charge is 2.14. The molecule has 0 saturated heterocycles. The predicted octanol–water partition coefficient (Wildman–Crippen LogP) is 1.92. The van der Waals surface area contributed by atoms with Crippen LogP contribution in [0.25, 0.3) is 0 Å². The number of hydrogen-bond donors (Lipinski definition) is 1. The van der Waals surface area contributed by atoms with Crippen LogP contribution in [0.3, 0.4) is 0 Å². The Bertz CT molecular complexity index is 391. The molecule has 0 aliphatic rings. The van der Waals surface area contributed by atoms with E-state index in [0.29, 0.717) is 18.8 Å². The maximum Gasteiger partial charge on any atom is 0.307 e. The summed E-state index contributed by atoms with van der Waals surface area (Å²) in [6.07, 6.45) is 0.661. The largest absolute Gasteiger partial charge is 0.494 e. The van der Waals surface area contributed by atoms with E-state index in [9.17, 15) is 9.00 Å². The van der Waals surface area contributed by atoms with Gasteiger partial charge in [0.1, 0.15) is 5.75 Å². The number of benzene rings is 1. The second kappa shape index (κ2) is 7.87. The highest BCUT2D eigenvalue weighted by atomic mass is 32.2. The summed E-state index contributed by atoms with van der Waals surface area (Å²) >= 11 is 0. The van der Waals surface area contributed by atoms with Crippen LogP contribution in [0.15, 0.2) is 30.3 Å². The Morgan fingerprint density at radius 1 is 1.39 bits per heavy atom. The molecule has 0 radical (unpaired) electrons. The van der Waals surface area contributed by atoms with E-state index in [1.54, 1.807) is 6.92 Å². The average Bonchev–Trinajstić information content (AvgIpc) is 2.35. The van der Waals surface area contributed by atoms with Gasteiger partial charge >= 0.3 is 5.97 Å². The first-order valence-electron chi connectivity index (χ1n) is 5.85. The van der Waals surface area contributed by atoms with Crippen LogP contribution in [0.1, 0.15) is 13.3 Å². The third-order valence-corrected chi connectivity index (χ3v) is 4.00. The first kappa shape index (κ1) is 14.7. The van der Waals surface area contributed by atoms with Crippen LogP contribution < -0.4 is 4.74 Å². The van der Waals surface area contributed by atoms with Gasteiger partial charge in [-0.3, -0.25) is 9.00 Å². The summed E-state index contributed by atoms with van der Waals surface area (Å²) in [5.74, 6) is 0.0254. The first-order valence-corrected chi connectivity index (χ1v) is 7.34. The molecule has 1 rings (SSSR count). The molecule has 18 heavy (non-hydrogen) atoms. The predicted molar refractivity (Wildman–Crippen MR) is 71.2 cm³/mol. The average molecular weight is 270 g/mol. The third-order valence-electron chi connectivity index (χ3n) is 2.39. The van der Waals surface area contributed by atoms with Crippen LogP contribution in [0.4, 0.5) is 0 Å². The Hall–Kier alpha value is -1.36. The Kier molecular flexibility index (Phi) is 6.43. The third kappa shape index (κ3) is 5.82. The van der Waals surface area contributed by atoms with Gasteiger partial charge in [-0.25, -0.2) is 0 Å². The molecule has 0 aliphatic carbocycles. The van der Waals surface area contributed by atoms with Gasteiger partial charge in [-0.05, 0) is 18.6 Å². The molecule has 0 aromatic heterocycles. The molecular formula is C13H18O4S. The van der Waals surface area contributed by atoms with Gasteiger partial charge in [-0.15, -0.1) is 0 Å². The van der Waals surface area contributed by atoms with E-state index in [0.717, 1.165) is 5.75 Å². The second-order valence-corrected chi connectivity index (χ2v) is 5.69. The lowest BCUT2D eigenvalue weighted by Crippen LogP contribution is -2.19. The molecule has 2 atom stereocenters. The number of carboxylic acid groups (broad SMARTS) is 1. The van der Waals surface area contributed by atoms with Gasteiger partial charge in [-0.2, -0.15) is 0 Å². The molecule has 0 saturated carbocycles. The van der Waals surface area contributed by atoms with Gasteiger partial charge in [0, 0.05) is 22.3 Å². The number of hydrogen-bond acceptors (Lipinski definition) is 3. The van der Waals surface area contributed by atoms with Crippen LogP contribution in [0, 0.1) is 5.92 Å². The van der Waals surface area contributed by atoms with Crippen molar-refractivity contribution in [1.29, 1.82) is 0 Å². The van der Waals surface area contributed by atoms with Gasteiger partial charge in [0.05, 0.1) is 12.5 Å². The molecule has 1 aromatic rings. The minimum Gasteiger partial charge on any atom is -0.494 e. The Labute approximate surface area is 109 Å². The number of rotatable bonds is 8. The maximum absolute atomic E-state index is 11.6. The smallest absolute Gasteiger partial charge is 0.307 e. The summed E-state index contributed by atoms with van der Waals surface area (Å²) in [6, 6.07) is 9.42. The van der Waals surface area contributed by atoms with Crippen LogP contribution in [0.5, 0.6) is 5.75 Å². The van der Waals surface area contributed by atoms with Crippen LogP contribution in [-0.2, 0) is 15.6 Å². The monoisotopic (exact) mass is 270 g/mol. The lowest BCUT2D eigenvalue weighted by Gasteiger charge is -2.07. The molecule has 0 fully saturated rings. The zero-order valence-corrected chi connectivity index (χ0v) is 11.2. The molecule has 2 unspecified atom stereocenters. The topological polar surface area (TPSA) is 63.6 Å². The Morgan fingerprint density at radius 3 is 2.67 bits per heavy atom. The van der Waals surface area contributed by atoms with Crippen molar-refractivity contribution in [1.82, 2.24) is 0 Å². The van der Waals surface area contributed by atoms with E-state index in [1.807, 2.05) is 30.3 Å². The van der Waals surface area contributed by atoms with E-state index >= 15 is 0 Å². The van der Waals surface area contributed by atoms with Crippen molar-refractivity contribution < 1.29 is 18.8 Å². The van der Waals surface area contributed by atoms with E-state index in [4.69, 9.17) is 9.84 Å². The van der Waals surface area contributed by atoms with Gasteiger partial charge < -0.3 is 9.84 Å². The van der Waals surface area contributed by atoms with Crippen molar-refractivity contribution in [2.75, 3.05) is 18.1 Å². The molecule has 100 valence electrons. The number of ether oxygens (including phenoxy) is 1. The zero-order chi connectivity index (χ0) is 13.4. The normalized spacial score (nSPS) is 13.8. The zero-order valence-electron chi connectivity index (χ0n) is 10.4. The van der Waals surface area contributed by atoms with Gasteiger partial charge in [0.2, 0.25) is 0 Å². The molecule has 5 heteroatoms. The van der Waals surface area contributed by atoms with Crippen molar-refractivity contribution in [3.63, 3.8) is 0 Å². The fourth-order valence-corrected chi connectivity index (χ4v) is 2.67. The molecule has 1 N–H and O–H groups in total. The first-order chi connectivity index (χ1) is 8.59. The van der Waals surface area contributed by atoms with E-state index in [-0.39, 0.29) is 5.75 Å². The molecule has 0 spiro atoms. The molecular weight excluding hydrogens is 252 g/mol. The molecule has 0 heterocycles. The Balaban J connectivity index is 2.14. The molecule has 0 amide bonds. The summed E-state index contributed by atoms with van der Waals surface area (Å²) in [4.78, 5) is 10.6. The van der Waals surface area contributed by atoms with Gasteiger partial charge in [0.15, 0.2) is 0 Å². The van der Waals surface area contributed by atoms with E-state index < -0.39 is 22.7 Å². The summed E-state index contributed by atoms with van der Waals surface area (Å²) in [7, 11) is -1.09. The maximum atomic E-state index is 11.6. The number of para-hydroxylation sites is 1. The number of carboxylic acids is 1. The number of aliphatic carboxylic acids is 1. The highest BCUT2D eigenvalue weighted by Crippen LogP contribution is 2.08. The van der Waals surface area contributed by atoms with Crippen molar-refractivity contribution >= 4 is 16.8 Å². The second-order valence-electron chi connectivity index (χ2n) is 4.06. The molecule has 1 aromatic carbocycles. The van der Waals surface area contributed by atoms with Gasteiger partial charge in [0.25, 0.3) is 0 Å². The van der Waals surface area contributed by atoms with E-state index in [1.165, 1.54) is 0 Å². The fraction of sp³-hybridized carbons (Fsp3) is 0.462. The number of carbonyl (C=O) groups is 1. The summed E-state index contributed by atoms with van der Waals surface area (Å²) in [5.41, 5.74) is 0. The standard InChI is InChI=1S/C13H18O4S/c1-11(13(14)15)10-18(16)9-5-8-17-12-6-3-2-4-7-12/h2-4,6-7,11H,5,8-10H2,1H3,(H,14,15). The van der Waals surface area contributed by atoms with Crippen LogP contribution in [-0.4, -0.2) is 33.4 Å².